The molecule has 3 rings (SSSR count). The van der Waals surface area contributed by atoms with Crippen molar-refractivity contribution in [1.29, 1.82) is 0 Å². The van der Waals surface area contributed by atoms with Crippen molar-refractivity contribution >= 4 is 17.6 Å². The number of rotatable bonds is 4. The molecule has 0 aliphatic carbocycles. The summed E-state index contributed by atoms with van der Waals surface area (Å²) in [6.07, 6.45) is 0. The van der Waals surface area contributed by atoms with Gasteiger partial charge < -0.3 is 19.7 Å². The van der Waals surface area contributed by atoms with E-state index in [-0.39, 0.29) is 17.8 Å². The molecule has 1 aliphatic rings. The number of morpholine rings is 1. The normalized spacial score (nSPS) is 14.7. The van der Waals surface area contributed by atoms with Gasteiger partial charge in [-0.15, -0.1) is 0 Å². The van der Waals surface area contributed by atoms with Crippen LogP contribution in [-0.4, -0.2) is 48.4 Å². The Hall–Kier alpha value is -2.48. The molecule has 1 N–H and O–H groups in total. The molecular formula is C14H16FN5O2. The zero-order chi connectivity index (χ0) is 15.4. The van der Waals surface area contributed by atoms with Gasteiger partial charge in [-0.3, -0.25) is 0 Å². The summed E-state index contributed by atoms with van der Waals surface area (Å²) in [4.78, 5) is 14.6. The summed E-state index contributed by atoms with van der Waals surface area (Å²) in [5.41, 5.74) is 0.295. The summed E-state index contributed by atoms with van der Waals surface area (Å²) in [6, 6.07) is 6.50. The van der Waals surface area contributed by atoms with E-state index in [1.165, 1.54) is 13.2 Å². The summed E-state index contributed by atoms with van der Waals surface area (Å²) < 4.78 is 24.1. The minimum Gasteiger partial charge on any atom is -0.467 e. The van der Waals surface area contributed by atoms with E-state index in [0.717, 1.165) is 0 Å². The van der Waals surface area contributed by atoms with Gasteiger partial charge >= 0.3 is 6.01 Å². The Morgan fingerprint density at radius 1 is 1.18 bits per heavy atom. The first-order valence-electron chi connectivity index (χ1n) is 6.90. The molecule has 0 atom stereocenters. The Bertz CT molecular complexity index is 649. The highest BCUT2D eigenvalue weighted by molar-refractivity contribution is 5.55. The first-order valence-corrected chi connectivity index (χ1v) is 6.90. The molecule has 22 heavy (non-hydrogen) atoms. The Morgan fingerprint density at radius 2 is 1.95 bits per heavy atom. The number of nitrogens with zero attached hydrogens (tertiary/aromatic N) is 4. The van der Waals surface area contributed by atoms with Gasteiger partial charge in [-0.1, -0.05) is 12.1 Å². The van der Waals surface area contributed by atoms with Crippen LogP contribution >= 0.6 is 0 Å². The number of hydrogen-bond donors (Lipinski definition) is 1. The van der Waals surface area contributed by atoms with Gasteiger partial charge in [0.25, 0.3) is 0 Å². The first kappa shape index (κ1) is 14.5. The van der Waals surface area contributed by atoms with Crippen molar-refractivity contribution in [3.05, 3.63) is 30.1 Å². The molecule has 7 nitrogen and oxygen atoms in total. The van der Waals surface area contributed by atoms with Gasteiger partial charge in [0.2, 0.25) is 11.9 Å². The molecule has 2 heterocycles. The molecule has 2 aromatic rings. The fraction of sp³-hybridized carbons (Fsp3) is 0.357. The quantitative estimate of drug-likeness (QED) is 0.919. The number of hydrogen-bond acceptors (Lipinski definition) is 7. The summed E-state index contributed by atoms with van der Waals surface area (Å²) in [5, 5.41) is 2.85. The van der Waals surface area contributed by atoms with Gasteiger partial charge in [0, 0.05) is 13.1 Å². The van der Waals surface area contributed by atoms with E-state index in [9.17, 15) is 4.39 Å². The first-order chi connectivity index (χ1) is 10.8. The highest BCUT2D eigenvalue weighted by Gasteiger charge is 2.17. The number of anilines is 3. The lowest BCUT2D eigenvalue weighted by atomic mass is 10.3. The predicted octanol–water partition coefficient (Wildman–Crippen LogP) is 1.60. The van der Waals surface area contributed by atoms with Gasteiger partial charge in [0.05, 0.1) is 26.0 Å². The molecule has 0 saturated carbocycles. The number of nitrogens with one attached hydrogen (secondary N) is 1. The highest BCUT2D eigenvalue weighted by atomic mass is 19.1. The minimum absolute atomic E-state index is 0.176. The lowest BCUT2D eigenvalue weighted by Crippen LogP contribution is -2.37. The van der Waals surface area contributed by atoms with Gasteiger partial charge in [0.15, 0.2) is 0 Å². The van der Waals surface area contributed by atoms with E-state index in [0.29, 0.717) is 37.9 Å². The largest absolute Gasteiger partial charge is 0.467 e. The Labute approximate surface area is 127 Å². The third-order valence-electron chi connectivity index (χ3n) is 3.20. The summed E-state index contributed by atoms with van der Waals surface area (Å²) in [7, 11) is 1.48. The second-order valence-corrected chi connectivity index (χ2v) is 4.65. The third-order valence-corrected chi connectivity index (χ3v) is 3.20. The topological polar surface area (TPSA) is 72.4 Å². The zero-order valence-corrected chi connectivity index (χ0v) is 12.1. The lowest BCUT2D eigenvalue weighted by Gasteiger charge is -2.26. The molecule has 8 heteroatoms. The summed E-state index contributed by atoms with van der Waals surface area (Å²) in [5.74, 6) is 0.335. The SMILES string of the molecule is COc1nc(Nc2ccccc2F)nc(N2CCOCC2)n1. The maximum atomic E-state index is 13.7. The second kappa shape index (κ2) is 6.52. The Morgan fingerprint density at radius 3 is 2.68 bits per heavy atom. The van der Waals surface area contributed by atoms with Crippen LogP contribution in [0.3, 0.4) is 0 Å². The van der Waals surface area contributed by atoms with E-state index in [1.807, 2.05) is 4.90 Å². The second-order valence-electron chi connectivity index (χ2n) is 4.65. The molecule has 1 aromatic heterocycles. The molecule has 1 aromatic carbocycles. The smallest absolute Gasteiger partial charge is 0.322 e. The summed E-state index contributed by atoms with van der Waals surface area (Å²) >= 11 is 0. The zero-order valence-electron chi connectivity index (χ0n) is 12.1. The number of methoxy groups -OCH3 is 1. The van der Waals surface area contributed by atoms with Crippen LogP contribution in [0.1, 0.15) is 0 Å². The van der Waals surface area contributed by atoms with Crippen molar-refractivity contribution in [2.75, 3.05) is 43.6 Å². The van der Waals surface area contributed by atoms with Crippen LogP contribution in [0.25, 0.3) is 0 Å². The third kappa shape index (κ3) is 3.22. The molecule has 1 fully saturated rings. The Balaban J connectivity index is 1.88. The van der Waals surface area contributed by atoms with Crippen molar-refractivity contribution in [1.82, 2.24) is 15.0 Å². The lowest BCUT2D eigenvalue weighted by molar-refractivity contribution is 0.122. The number of ether oxygens (including phenoxy) is 2. The van der Waals surface area contributed by atoms with E-state index < -0.39 is 0 Å². The maximum absolute atomic E-state index is 13.7. The van der Waals surface area contributed by atoms with Crippen LogP contribution in [0.15, 0.2) is 24.3 Å². The van der Waals surface area contributed by atoms with Crippen LogP contribution in [0.4, 0.5) is 22.0 Å². The standard InChI is InChI=1S/C14H16FN5O2/c1-21-14-18-12(16-11-5-3-2-4-10(11)15)17-13(19-14)20-6-8-22-9-7-20/h2-5H,6-9H2,1H3,(H,16,17,18,19). The van der Waals surface area contributed by atoms with Crippen molar-refractivity contribution in [3.63, 3.8) is 0 Å². The van der Waals surface area contributed by atoms with Crippen LogP contribution < -0.4 is 15.0 Å². The van der Waals surface area contributed by atoms with E-state index >= 15 is 0 Å². The molecule has 0 unspecified atom stereocenters. The van der Waals surface area contributed by atoms with Gasteiger partial charge in [-0.25, -0.2) is 4.39 Å². The van der Waals surface area contributed by atoms with E-state index in [1.54, 1.807) is 18.2 Å². The van der Waals surface area contributed by atoms with E-state index in [2.05, 4.69) is 20.3 Å². The van der Waals surface area contributed by atoms with Crippen molar-refractivity contribution in [3.8, 4) is 6.01 Å². The van der Waals surface area contributed by atoms with Crippen LogP contribution in [0.2, 0.25) is 0 Å². The minimum atomic E-state index is -0.380. The number of benzene rings is 1. The molecule has 0 radical (unpaired) electrons. The van der Waals surface area contributed by atoms with Crippen LogP contribution in [0.5, 0.6) is 6.01 Å². The van der Waals surface area contributed by atoms with Crippen LogP contribution in [0, 0.1) is 5.82 Å². The molecule has 116 valence electrons. The molecule has 0 amide bonds. The molecular weight excluding hydrogens is 289 g/mol. The van der Waals surface area contributed by atoms with Crippen molar-refractivity contribution in [2.24, 2.45) is 0 Å². The van der Waals surface area contributed by atoms with Crippen molar-refractivity contribution in [2.45, 2.75) is 0 Å². The predicted molar refractivity (Wildman–Crippen MR) is 79.1 cm³/mol. The summed E-state index contributed by atoms with van der Waals surface area (Å²) in [6.45, 7) is 2.60. The van der Waals surface area contributed by atoms with Gasteiger partial charge in [0.1, 0.15) is 5.82 Å². The maximum Gasteiger partial charge on any atom is 0.322 e. The molecule has 1 saturated heterocycles. The van der Waals surface area contributed by atoms with Gasteiger partial charge in [-0.2, -0.15) is 15.0 Å². The number of aromatic nitrogens is 3. The Kier molecular flexibility index (Phi) is 4.29. The number of halogens is 1. The van der Waals surface area contributed by atoms with Crippen LogP contribution in [-0.2, 0) is 4.74 Å². The fourth-order valence-corrected chi connectivity index (χ4v) is 2.08. The number of para-hydroxylation sites is 1. The van der Waals surface area contributed by atoms with Gasteiger partial charge in [-0.05, 0) is 12.1 Å². The molecule has 0 bridgehead atoms. The average Bonchev–Trinajstić information content (AvgIpc) is 2.57. The molecule has 1 aliphatic heterocycles. The van der Waals surface area contributed by atoms with E-state index in [4.69, 9.17) is 9.47 Å². The molecule has 0 spiro atoms. The monoisotopic (exact) mass is 305 g/mol. The average molecular weight is 305 g/mol. The highest BCUT2D eigenvalue weighted by Crippen LogP contribution is 2.21. The van der Waals surface area contributed by atoms with Crippen molar-refractivity contribution < 1.29 is 13.9 Å². The fourth-order valence-electron chi connectivity index (χ4n) is 2.08.